The van der Waals surface area contributed by atoms with Crippen molar-refractivity contribution in [2.75, 3.05) is 20.3 Å². The zero-order valence-electron chi connectivity index (χ0n) is 11.1. The number of carbonyl (C=O) groups is 1. The van der Waals surface area contributed by atoms with Gasteiger partial charge in [0.2, 0.25) is 5.91 Å². The summed E-state index contributed by atoms with van der Waals surface area (Å²) in [6, 6.07) is 0. The van der Waals surface area contributed by atoms with Gasteiger partial charge in [-0.3, -0.25) is 4.79 Å². The summed E-state index contributed by atoms with van der Waals surface area (Å²) in [6.07, 6.45) is 2.34. The largest absolute Gasteiger partial charge is 0.383 e. The summed E-state index contributed by atoms with van der Waals surface area (Å²) in [5.74, 6) is 0.217. The van der Waals surface area contributed by atoms with Crippen molar-refractivity contribution in [2.45, 2.75) is 39.3 Å². The second kappa shape index (κ2) is 5.95. The fourth-order valence-electron chi connectivity index (χ4n) is 2.21. The number of methoxy groups -OCH3 is 1. The first-order valence-corrected chi connectivity index (χ1v) is 6.44. The molecule has 6 heteroatoms. The van der Waals surface area contributed by atoms with Gasteiger partial charge in [-0.1, -0.05) is 12.1 Å². The molecule has 0 saturated carbocycles. The van der Waals surface area contributed by atoms with E-state index in [1.165, 1.54) is 0 Å². The lowest BCUT2D eigenvalue weighted by Gasteiger charge is -2.26. The molecule has 1 amide bonds. The molecule has 100 valence electrons. The molecule has 0 radical (unpaired) electrons. The van der Waals surface area contributed by atoms with Crippen LogP contribution in [0.4, 0.5) is 0 Å². The molecule has 0 fully saturated rings. The average molecular weight is 252 g/mol. The second-order valence-corrected chi connectivity index (χ2v) is 4.51. The van der Waals surface area contributed by atoms with Crippen molar-refractivity contribution in [3.63, 3.8) is 0 Å². The zero-order chi connectivity index (χ0) is 13.0. The minimum Gasteiger partial charge on any atom is -0.383 e. The minimum absolute atomic E-state index is 0.217. The van der Waals surface area contributed by atoms with Gasteiger partial charge in [0.25, 0.3) is 0 Å². The molecule has 0 aromatic carbocycles. The monoisotopic (exact) mass is 252 g/mol. The van der Waals surface area contributed by atoms with Gasteiger partial charge >= 0.3 is 0 Å². The van der Waals surface area contributed by atoms with Crippen molar-refractivity contribution in [3.05, 3.63) is 11.4 Å². The highest BCUT2D eigenvalue weighted by molar-refractivity contribution is 5.76. The van der Waals surface area contributed by atoms with Gasteiger partial charge in [0.15, 0.2) is 0 Å². The third kappa shape index (κ3) is 2.69. The zero-order valence-corrected chi connectivity index (χ0v) is 11.1. The molecule has 0 saturated heterocycles. The van der Waals surface area contributed by atoms with Gasteiger partial charge in [0, 0.05) is 26.5 Å². The van der Waals surface area contributed by atoms with Crippen LogP contribution in [0.3, 0.4) is 0 Å². The molecule has 1 aromatic rings. The molecule has 0 atom stereocenters. The van der Waals surface area contributed by atoms with Crippen LogP contribution in [0, 0.1) is 0 Å². The molecule has 1 aliphatic heterocycles. The predicted molar refractivity (Wildman–Crippen MR) is 65.9 cm³/mol. The van der Waals surface area contributed by atoms with Gasteiger partial charge in [0.1, 0.15) is 5.69 Å². The highest BCUT2D eigenvalue weighted by Crippen LogP contribution is 2.17. The van der Waals surface area contributed by atoms with Crippen LogP contribution < -0.4 is 0 Å². The van der Waals surface area contributed by atoms with E-state index < -0.39 is 0 Å². The number of fused-ring (bicyclic) bond motifs is 1. The topological polar surface area (TPSA) is 60.2 Å². The molecular weight excluding hydrogens is 232 g/mol. The highest BCUT2D eigenvalue weighted by atomic mass is 16.5. The maximum absolute atomic E-state index is 11.8. The molecular formula is C12H20N4O2. The van der Waals surface area contributed by atoms with E-state index in [-0.39, 0.29) is 5.91 Å². The normalized spacial score (nSPS) is 14.7. The van der Waals surface area contributed by atoms with Gasteiger partial charge in [-0.15, -0.1) is 5.10 Å². The van der Waals surface area contributed by atoms with Crippen LogP contribution in [0.25, 0.3) is 0 Å². The Morgan fingerprint density at radius 2 is 2.33 bits per heavy atom. The van der Waals surface area contributed by atoms with Crippen LogP contribution in [0.5, 0.6) is 0 Å². The Labute approximate surface area is 107 Å². The Balaban J connectivity index is 2.02. The lowest BCUT2D eigenvalue weighted by atomic mass is 10.1. The van der Waals surface area contributed by atoms with E-state index in [0.29, 0.717) is 19.6 Å². The van der Waals surface area contributed by atoms with E-state index in [0.717, 1.165) is 37.3 Å². The summed E-state index contributed by atoms with van der Waals surface area (Å²) in [6.45, 7) is 4.75. The molecule has 0 aliphatic carbocycles. The number of ether oxygens (including phenoxy) is 1. The maximum atomic E-state index is 11.8. The Morgan fingerprint density at radius 3 is 3.06 bits per heavy atom. The molecule has 0 spiro atoms. The van der Waals surface area contributed by atoms with Gasteiger partial charge < -0.3 is 9.64 Å². The van der Waals surface area contributed by atoms with E-state index in [4.69, 9.17) is 4.74 Å². The van der Waals surface area contributed by atoms with Crippen molar-refractivity contribution < 1.29 is 9.53 Å². The molecule has 1 aromatic heterocycles. The van der Waals surface area contributed by atoms with Gasteiger partial charge in [-0.2, -0.15) is 0 Å². The van der Waals surface area contributed by atoms with Crippen molar-refractivity contribution in [1.29, 1.82) is 0 Å². The molecule has 6 nitrogen and oxygen atoms in total. The van der Waals surface area contributed by atoms with Gasteiger partial charge in [-0.25, -0.2) is 4.68 Å². The molecule has 0 unspecified atom stereocenters. The molecule has 0 bridgehead atoms. The Morgan fingerprint density at radius 1 is 1.50 bits per heavy atom. The van der Waals surface area contributed by atoms with E-state index in [1.807, 2.05) is 16.5 Å². The highest BCUT2D eigenvalue weighted by Gasteiger charge is 2.24. The van der Waals surface area contributed by atoms with Crippen LogP contribution in [-0.4, -0.2) is 46.1 Å². The number of hydrogen-bond acceptors (Lipinski definition) is 4. The number of carbonyl (C=O) groups excluding carboxylic acids is 1. The fraction of sp³-hybridized carbons (Fsp3) is 0.750. The number of amides is 1. The Kier molecular flexibility index (Phi) is 4.30. The second-order valence-electron chi connectivity index (χ2n) is 4.51. The first kappa shape index (κ1) is 13.0. The fourth-order valence-corrected chi connectivity index (χ4v) is 2.21. The summed E-state index contributed by atoms with van der Waals surface area (Å²) in [7, 11) is 1.68. The Hall–Kier alpha value is -1.43. The summed E-state index contributed by atoms with van der Waals surface area (Å²) < 4.78 is 6.93. The van der Waals surface area contributed by atoms with E-state index in [2.05, 4.69) is 10.3 Å². The van der Waals surface area contributed by atoms with Crippen LogP contribution in [0.15, 0.2) is 0 Å². The van der Waals surface area contributed by atoms with Crippen LogP contribution in [-0.2, 0) is 29.0 Å². The van der Waals surface area contributed by atoms with Crippen molar-refractivity contribution >= 4 is 5.91 Å². The quantitative estimate of drug-likeness (QED) is 0.770. The minimum atomic E-state index is 0.217. The van der Waals surface area contributed by atoms with Gasteiger partial charge in [-0.05, 0) is 6.42 Å². The lowest BCUT2D eigenvalue weighted by molar-refractivity contribution is -0.132. The van der Waals surface area contributed by atoms with E-state index in [1.54, 1.807) is 7.11 Å². The number of hydrogen-bond donors (Lipinski definition) is 0. The number of aromatic nitrogens is 3. The van der Waals surface area contributed by atoms with Crippen molar-refractivity contribution in [1.82, 2.24) is 19.9 Å². The standard InChI is InChI=1S/C12H20N4O2/c1-3-4-12(17)15-6-5-11-10(9-15)13-14-16(11)7-8-18-2/h3-9H2,1-2H3. The molecule has 18 heavy (non-hydrogen) atoms. The SMILES string of the molecule is CCCC(=O)N1CCc2c(nnn2CCOC)C1. The van der Waals surface area contributed by atoms with Gasteiger partial charge in [0.05, 0.1) is 25.4 Å². The van der Waals surface area contributed by atoms with Crippen molar-refractivity contribution in [3.8, 4) is 0 Å². The summed E-state index contributed by atoms with van der Waals surface area (Å²) in [4.78, 5) is 13.7. The average Bonchev–Trinajstić information content (AvgIpc) is 2.79. The third-order valence-corrected chi connectivity index (χ3v) is 3.20. The van der Waals surface area contributed by atoms with Crippen LogP contribution in [0.1, 0.15) is 31.2 Å². The summed E-state index contributed by atoms with van der Waals surface area (Å²) in [5, 5.41) is 8.29. The summed E-state index contributed by atoms with van der Waals surface area (Å²) in [5.41, 5.74) is 2.08. The smallest absolute Gasteiger partial charge is 0.222 e. The first-order valence-electron chi connectivity index (χ1n) is 6.44. The Bertz CT molecular complexity index is 416. The van der Waals surface area contributed by atoms with E-state index >= 15 is 0 Å². The molecule has 2 heterocycles. The van der Waals surface area contributed by atoms with Crippen LogP contribution >= 0.6 is 0 Å². The molecule has 0 N–H and O–H groups in total. The molecule has 2 rings (SSSR count). The van der Waals surface area contributed by atoms with Crippen molar-refractivity contribution in [2.24, 2.45) is 0 Å². The maximum Gasteiger partial charge on any atom is 0.222 e. The summed E-state index contributed by atoms with van der Waals surface area (Å²) >= 11 is 0. The van der Waals surface area contributed by atoms with Crippen LogP contribution in [0.2, 0.25) is 0 Å². The predicted octanol–water partition coefficient (Wildman–Crippen LogP) is 0.609. The first-order chi connectivity index (χ1) is 8.76. The lowest BCUT2D eigenvalue weighted by Crippen LogP contribution is -2.36. The van der Waals surface area contributed by atoms with E-state index in [9.17, 15) is 4.79 Å². The third-order valence-electron chi connectivity index (χ3n) is 3.20. The molecule has 1 aliphatic rings. The number of rotatable bonds is 5. The number of nitrogens with zero attached hydrogens (tertiary/aromatic N) is 4.